The third-order valence-corrected chi connectivity index (χ3v) is 19.4. The second-order valence-electron chi connectivity index (χ2n) is 24.8. The number of alkyl halides is 24. The SMILES string of the molecule is C1=C\CC/C=C\CC/1.C[C@H]1OC(c2ccccc2)=N[C@H]1C(Cc1ccccc1)(Cc1ccccc1)OP(c1ccccc1)c1ccccc1.FC(F)(F)c1cc([B-](c2cc(C(F)(F)F)cc(C(F)(F)F)c2)(c2cc(C(F)(F)F)cc(C(F)(F)F)c2)c2cc(C(F)(F)F)cc(C(F)(F)F)c2)cc(C(F)(F)F)c1.[Ir]. The van der Waals surface area contributed by atoms with Crippen molar-refractivity contribution in [2.45, 2.75) is 113 Å². The van der Waals surface area contributed by atoms with Gasteiger partial charge in [-0.1, -0.05) is 212 Å². The molecule has 0 bridgehead atoms. The Bertz CT molecular complexity index is 3980. The van der Waals surface area contributed by atoms with Gasteiger partial charge in [0.15, 0.2) is 0 Å². The summed E-state index contributed by atoms with van der Waals surface area (Å²) in [5.74, 6) is 0.681. The monoisotopic (exact) mass is 1720 g/mol. The van der Waals surface area contributed by atoms with E-state index >= 15 is 0 Å². The van der Waals surface area contributed by atoms with Crippen LogP contribution in [0.1, 0.15) is 93.8 Å². The molecule has 569 valence electrons. The molecule has 3 nitrogen and oxygen atoms in total. The number of halogens is 24. The molecular formula is C77H58BF24IrNO2P-. The minimum atomic E-state index is -6.13. The summed E-state index contributed by atoms with van der Waals surface area (Å²) < 4.78 is 355. The van der Waals surface area contributed by atoms with Gasteiger partial charge in [-0.3, -0.25) is 0 Å². The van der Waals surface area contributed by atoms with Crippen LogP contribution in [0.15, 0.2) is 254 Å². The van der Waals surface area contributed by atoms with Crippen LogP contribution in [0.4, 0.5) is 105 Å². The van der Waals surface area contributed by atoms with Crippen LogP contribution >= 0.6 is 8.15 Å². The van der Waals surface area contributed by atoms with Crippen molar-refractivity contribution in [2.75, 3.05) is 0 Å². The molecule has 0 spiro atoms. The number of hydrogen-bond acceptors (Lipinski definition) is 3. The van der Waals surface area contributed by atoms with Crippen molar-refractivity contribution in [1.29, 1.82) is 0 Å². The summed E-state index contributed by atoms with van der Waals surface area (Å²) in [6, 6.07) is 43.7. The zero-order valence-electron chi connectivity index (χ0n) is 55.3. The van der Waals surface area contributed by atoms with Gasteiger partial charge in [0.1, 0.15) is 23.9 Å². The Labute approximate surface area is 612 Å². The molecule has 1 heterocycles. The van der Waals surface area contributed by atoms with Crippen LogP contribution in [0.5, 0.6) is 0 Å². The van der Waals surface area contributed by atoms with E-state index in [1.165, 1.54) is 47.4 Å². The van der Waals surface area contributed by atoms with Crippen molar-refractivity contribution in [3.05, 3.63) is 310 Å². The van der Waals surface area contributed by atoms with E-state index in [0.29, 0.717) is 18.7 Å². The standard InChI is InChI=1S/C37H34NO2P.C32H12BF24.C8H12.Ir/c1-29-35(38-36(39-29)32-21-11-4-12-22-32)37(27-30-17-7-2-8-18-30,28-31-19-9-3-10-20-31)40-41(33-23-13-5-14-24-33)34-25-15-6-16-26-34;34-25(35,36)13-1-14(26(37,38)39)6-21(5-13)33(22-7-15(27(40,41)42)2-16(8-22)28(43,44)45,23-9-17(29(46,47)48)3-18(10-23)30(49,50)51)24-11-19(31(52,53)54)4-20(12-24)32(55,56)57;1-2-4-6-8-7-5-3-1;/h2-26,29,35H,27-28H2,1H3;1-12H;1-2,7-8H,3-6H2;/q;-1;;/b;;2-1-,8-7-;/t29-,35-;;;/m1.../s1. The van der Waals surface area contributed by atoms with Gasteiger partial charge in [-0.25, -0.2) is 4.99 Å². The molecule has 0 N–H and O–H groups in total. The molecule has 0 unspecified atom stereocenters. The summed E-state index contributed by atoms with van der Waals surface area (Å²) in [5, 5.41) is 2.36. The number of nitrogens with zero attached hydrogens (tertiary/aromatic N) is 1. The van der Waals surface area contributed by atoms with Gasteiger partial charge < -0.3 is 9.26 Å². The summed E-state index contributed by atoms with van der Waals surface area (Å²) in [5.41, 5.74) is -27.5. The molecule has 2 atom stereocenters. The molecule has 1 radical (unpaired) electrons. The predicted molar refractivity (Wildman–Crippen MR) is 357 cm³/mol. The Morgan fingerprint density at radius 1 is 0.346 bits per heavy atom. The van der Waals surface area contributed by atoms with Crippen molar-refractivity contribution >= 4 is 52.7 Å². The van der Waals surface area contributed by atoms with Crippen LogP contribution in [-0.2, 0) is 91.6 Å². The quantitative estimate of drug-likeness (QED) is 0.0470. The maximum absolute atomic E-state index is 14.2. The Hall–Kier alpha value is -8.65. The fourth-order valence-electron chi connectivity index (χ4n) is 12.5. The summed E-state index contributed by atoms with van der Waals surface area (Å²) >= 11 is 0. The van der Waals surface area contributed by atoms with Gasteiger partial charge in [-0.05, 0) is 80.1 Å². The first kappa shape index (κ1) is 84.0. The van der Waals surface area contributed by atoms with Crippen molar-refractivity contribution in [1.82, 2.24) is 0 Å². The Balaban J connectivity index is 0.000000251. The Morgan fingerprint density at radius 3 is 0.822 bits per heavy atom. The first-order valence-electron chi connectivity index (χ1n) is 32.1. The normalized spacial score (nSPS) is 16.1. The van der Waals surface area contributed by atoms with Crippen LogP contribution < -0.4 is 32.5 Å². The number of ether oxygens (including phenoxy) is 1. The van der Waals surface area contributed by atoms with Gasteiger partial charge in [-0.15, -0.1) is 0 Å². The van der Waals surface area contributed by atoms with Gasteiger partial charge in [0.2, 0.25) is 5.90 Å². The predicted octanol–water partition coefficient (Wildman–Crippen LogP) is 21.4. The molecule has 0 aromatic heterocycles. The molecule has 1 aliphatic heterocycles. The number of hydrogen-bond donors (Lipinski definition) is 0. The first-order valence-corrected chi connectivity index (χ1v) is 33.4. The molecule has 30 heteroatoms. The van der Waals surface area contributed by atoms with E-state index in [4.69, 9.17) is 14.3 Å². The fraction of sp³-hybridized carbons (Fsp3) is 0.234. The summed E-state index contributed by atoms with van der Waals surface area (Å²) in [7, 11) is -1.16. The number of rotatable bonds is 14. The maximum atomic E-state index is 14.2. The smallest absolute Gasteiger partial charge is 0.416 e. The molecule has 0 amide bonds. The molecule has 0 saturated heterocycles. The van der Waals surface area contributed by atoms with E-state index in [9.17, 15) is 105 Å². The third-order valence-electron chi connectivity index (χ3n) is 17.3. The molecule has 9 aromatic rings. The average molecular weight is 1720 g/mol. The number of allylic oxidation sites excluding steroid dienone is 4. The van der Waals surface area contributed by atoms with Gasteiger partial charge in [0.25, 0.3) is 0 Å². The van der Waals surface area contributed by atoms with Gasteiger partial charge in [0, 0.05) is 49.1 Å². The molecule has 107 heavy (non-hydrogen) atoms. The van der Waals surface area contributed by atoms with E-state index in [-0.39, 0.29) is 32.3 Å². The minimum absolute atomic E-state index is 0. The number of aliphatic imine (C=N–C) groups is 1. The molecular weight excluding hydrogens is 1660 g/mol. The third kappa shape index (κ3) is 21.2. The van der Waals surface area contributed by atoms with Crippen molar-refractivity contribution in [3.63, 3.8) is 0 Å². The topological polar surface area (TPSA) is 30.8 Å². The van der Waals surface area contributed by atoms with E-state index in [0.717, 1.165) is 5.56 Å². The van der Waals surface area contributed by atoms with Crippen molar-refractivity contribution in [3.8, 4) is 0 Å². The molecule has 2 aliphatic rings. The second kappa shape index (κ2) is 33.5. The average Bonchev–Trinajstić information content (AvgIpc) is 1.18. The van der Waals surface area contributed by atoms with Crippen molar-refractivity contribution in [2.24, 2.45) is 4.99 Å². The molecule has 1 aliphatic carbocycles. The number of benzene rings is 9. The van der Waals surface area contributed by atoms with Crippen LogP contribution in [-0.4, -0.2) is 29.8 Å². The fourth-order valence-corrected chi connectivity index (χ4v) is 14.5. The Morgan fingerprint density at radius 2 is 0.579 bits per heavy atom. The first-order chi connectivity index (χ1) is 49.5. The van der Waals surface area contributed by atoms with Gasteiger partial charge in [-0.2, -0.15) is 127 Å². The van der Waals surface area contributed by atoms with E-state index < -0.39 is 208 Å². The Kier molecular flexibility index (Phi) is 26.3. The molecule has 11 rings (SSSR count). The van der Waals surface area contributed by atoms with Crippen molar-refractivity contribution < 1.29 is 135 Å². The van der Waals surface area contributed by atoms with E-state index in [1.54, 1.807) is 0 Å². The second-order valence-corrected chi connectivity index (χ2v) is 26.6. The van der Waals surface area contributed by atoms with Crippen LogP contribution in [0.2, 0.25) is 0 Å². The zero-order chi connectivity index (χ0) is 77.5. The summed E-state index contributed by atoms with van der Waals surface area (Å²) in [6.45, 7) is 2.13. The van der Waals surface area contributed by atoms with E-state index in [1.807, 2.05) is 18.2 Å². The van der Waals surface area contributed by atoms with Gasteiger partial charge >= 0.3 is 49.4 Å². The minimum Gasteiger partial charge on any atom is -0.472 e. The van der Waals surface area contributed by atoms with Crippen LogP contribution in [0.25, 0.3) is 0 Å². The largest absolute Gasteiger partial charge is 0.472 e. The maximum Gasteiger partial charge on any atom is 0.416 e. The summed E-state index contributed by atoms with van der Waals surface area (Å²) in [6.07, 6.45) is -39.6. The molecule has 0 fully saturated rings. The summed E-state index contributed by atoms with van der Waals surface area (Å²) in [4.78, 5) is 5.32. The van der Waals surface area contributed by atoms with Gasteiger partial charge in [0.05, 0.1) is 52.7 Å². The zero-order valence-corrected chi connectivity index (χ0v) is 58.6. The van der Waals surface area contributed by atoms with E-state index in [2.05, 4.69) is 165 Å². The van der Waals surface area contributed by atoms with Crippen LogP contribution in [0.3, 0.4) is 0 Å². The molecule has 0 saturated carbocycles. The van der Waals surface area contributed by atoms with Crippen LogP contribution in [0, 0.1) is 0 Å². The molecule has 9 aromatic carbocycles.